The number of fused-ring (bicyclic) bond motifs is 1. The first-order chi connectivity index (χ1) is 19.6. The molecule has 1 fully saturated rings. The standard InChI is InChI=1S/C34H39ClN4O/c1-3-17-36(2)26-28-12-14-31(15-13-28)40-24-5-4-18-37-20-22-38(23-21-37)33-10-7-11-34-32(33)16-19-39(34)27-29-8-6-9-30(35)25-29/h1,6-16,19,25H,4-5,17-18,20-24,26-27H2,2H3. The second kappa shape index (κ2) is 13.8. The molecule has 3 aromatic carbocycles. The Balaban J connectivity index is 1.05. The Labute approximate surface area is 243 Å². The fourth-order valence-corrected chi connectivity index (χ4v) is 5.72. The molecular weight excluding hydrogens is 516 g/mol. The molecular formula is C34H39ClN4O. The number of anilines is 1. The third-order valence-corrected chi connectivity index (χ3v) is 7.86. The highest BCUT2D eigenvalue weighted by atomic mass is 35.5. The monoisotopic (exact) mass is 554 g/mol. The number of nitrogens with zero attached hydrogens (tertiary/aromatic N) is 4. The van der Waals surface area contributed by atoms with E-state index in [1.807, 2.05) is 25.2 Å². The van der Waals surface area contributed by atoms with Crippen molar-refractivity contribution in [3.8, 4) is 18.1 Å². The summed E-state index contributed by atoms with van der Waals surface area (Å²) in [5.74, 6) is 3.62. The average molecular weight is 555 g/mol. The van der Waals surface area contributed by atoms with Gasteiger partial charge in [0.1, 0.15) is 5.75 Å². The van der Waals surface area contributed by atoms with Crippen LogP contribution in [0.15, 0.2) is 79.0 Å². The van der Waals surface area contributed by atoms with Gasteiger partial charge >= 0.3 is 0 Å². The Hall–Kier alpha value is -3.43. The van der Waals surface area contributed by atoms with Crippen LogP contribution in [0.25, 0.3) is 10.9 Å². The molecule has 0 spiro atoms. The third-order valence-electron chi connectivity index (χ3n) is 7.62. The summed E-state index contributed by atoms with van der Waals surface area (Å²) in [4.78, 5) is 7.25. The second-order valence-corrected chi connectivity index (χ2v) is 11.1. The van der Waals surface area contributed by atoms with Gasteiger partial charge in [0.05, 0.1) is 18.7 Å². The van der Waals surface area contributed by atoms with Gasteiger partial charge in [-0.2, -0.15) is 0 Å². The Morgan fingerprint density at radius 3 is 2.50 bits per heavy atom. The molecule has 1 aliphatic rings. The summed E-state index contributed by atoms with van der Waals surface area (Å²) in [6.07, 6.45) is 9.79. The minimum absolute atomic E-state index is 0.656. The van der Waals surface area contributed by atoms with Gasteiger partial charge in [-0.3, -0.25) is 9.80 Å². The van der Waals surface area contributed by atoms with Crippen LogP contribution in [0.2, 0.25) is 5.02 Å². The molecule has 5 rings (SSSR count). The first kappa shape index (κ1) is 28.1. The first-order valence-corrected chi connectivity index (χ1v) is 14.6. The van der Waals surface area contributed by atoms with Crippen molar-refractivity contribution in [1.29, 1.82) is 0 Å². The van der Waals surface area contributed by atoms with Gasteiger partial charge in [0.2, 0.25) is 0 Å². The largest absolute Gasteiger partial charge is 0.494 e. The molecule has 0 amide bonds. The zero-order chi connectivity index (χ0) is 27.7. The number of rotatable bonds is 12. The lowest BCUT2D eigenvalue weighted by molar-refractivity contribution is 0.238. The van der Waals surface area contributed by atoms with Crippen LogP contribution in [0.3, 0.4) is 0 Å². The second-order valence-electron chi connectivity index (χ2n) is 10.7. The van der Waals surface area contributed by atoms with Crippen molar-refractivity contribution in [1.82, 2.24) is 14.4 Å². The number of piperazine rings is 1. The molecule has 0 atom stereocenters. The number of benzene rings is 3. The molecule has 0 aliphatic carbocycles. The van der Waals surface area contributed by atoms with E-state index in [1.165, 1.54) is 27.7 Å². The van der Waals surface area contributed by atoms with Gasteiger partial charge in [-0.05, 0) is 80.0 Å². The Morgan fingerprint density at radius 2 is 1.73 bits per heavy atom. The van der Waals surface area contributed by atoms with E-state index >= 15 is 0 Å². The van der Waals surface area contributed by atoms with Crippen molar-refractivity contribution in [2.24, 2.45) is 0 Å². The number of hydrogen-bond donors (Lipinski definition) is 0. The minimum atomic E-state index is 0.656. The van der Waals surface area contributed by atoms with Crippen LogP contribution in [0, 0.1) is 12.3 Å². The molecule has 1 saturated heterocycles. The molecule has 4 aromatic rings. The normalized spacial score (nSPS) is 14.1. The predicted octanol–water partition coefficient (Wildman–Crippen LogP) is 6.39. The van der Waals surface area contributed by atoms with Crippen molar-refractivity contribution in [2.45, 2.75) is 25.9 Å². The lowest BCUT2D eigenvalue weighted by Crippen LogP contribution is -2.46. The van der Waals surface area contributed by atoms with E-state index in [4.69, 9.17) is 22.8 Å². The van der Waals surface area contributed by atoms with Crippen molar-refractivity contribution < 1.29 is 4.74 Å². The number of halogens is 1. The lowest BCUT2D eigenvalue weighted by Gasteiger charge is -2.36. The van der Waals surface area contributed by atoms with E-state index in [0.29, 0.717) is 6.54 Å². The molecule has 0 radical (unpaired) electrons. The van der Waals surface area contributed by atoms with Crippen LogP contribution in [-0.4, -0.2) is 67.3 Å². The van der Waals surface area contributed by atoms with Crippen LogP contribution < -0.4 is 9.64 Å². The summed E-state index contributed by atoms with van der Waals surface area (Å²) in [5, 5.41) is 2.11. The highest BCUT2D eigenvalue weighted by molar-refractivity contribution is 6.30. The van der Waals surface area contributed by atoms with Gasteiger partial charge in [0.25, 0.3) is 0 Å². The highest BCUT2D eigenvalue weighted by Gasteiger charge is 2.19. The summed E-state index contributed by atoms with van der Waals surface area (Å²) >= 11 is 6.21. The molecule has 2 heterocycles. The SMILES string of the molecule is C#CCN(C)Cc1ccc(OCCCCN2CCN(c3cccc4c3ccn4Cc3cccc(Cl)c3)CC2)cc1. The van der Waals surface area contributed by atoms with Crippen LogP contribution in [0.4, 0.5) is 5.69 Å². The van der Waals surface area contributed by atoms with Crippen LogP contribution in [-0.2, 0) is 13.1 Å². The number of hydrogen-bond acceptors (Lipinski definition) is 4. The molecule has 1 aliphatic heterocycles. The molecule has 40 heavy (non-hydrogen) atoms. The van der Waals surface area contributed by atoms with Gasteiger partial charge in [-0.1, -0.05) is 47.9 Å². The molecule has 208 valence electrons. The zero-order valence-corrected chi connectivity index (χ0v) is 24.2. The molecule has 0 unspecified atom stereocenters. The molecule has 1 aromatic heterocycles. The van der Waals surface area contributed by atoms with Crippen molar-refractivity contribution in [2.75, 3.05) is 57.8 Å². The molecule has 6 heteroatoms. The Kier molecular flexibility index (Phi) is 9.67. The Bertz CT molecular complexity index is 1420. The number of terminal acetylenes is 1. The molecule has 0 saturated carbocycles. The van der Waals surface area contributed by atoms with Crippen LogP contribution in [0.1, 0.15) is 24.0 Å². The number of ether oxygens (including phenoxy) is 1. The van der Waals surface area contributed by atoms with Crippen molar-refractivity contribution >= 4 is 28.2 Å². The smallest absolute Gasteiger partial charge is 0.119 e. The zero-order valence-electron chi connectivity index (χ0n) is 23.4. The van der Waals surface area contributed by atoms with E-state index in [0.717, 1.165) is 76.0 Å². The van der Waals surface area contributed by atoms with Crippen LogP contribution >= 0.6 is 11.6 Å². The summed E-state index contributed by atoms with van der Waals surface area (Å²) in [7, 11) is 2.03. The summed E-state index contributed by atoms with van der Waals surface area (Å²) in [5.41, 5.74) is 5.07. The third kappa shape index (κ3) is 7.40. The summed E-state index contributed by atoms with van der Waals surface area (Å²) < 4.78 is 8.30. The summed E-state index contributed by atoms with van der Waals surface area (Å²) in [6, 6.07) is 25.4. The van der Waals surface area contributed by atoms with E-state index in [9.17, 15) is 0 Å². The maximum Gasteiger partial charge on any atom is 0.119 e. The van der Waals surface area contributed by atoms with Gasteiger partial charge in [0.15, 0.2) is 0 Å². The van der Waals surface area contributed by atoms with Gasteiger partial charge in [-0.25, -0.2) is 0 Å². The average Bonchev–Trinajstić information content (AvgIpc) is 3.37. The number of unbranched alkanes of at least 4 members (excludes halogenated alkanes) is 1. The molecule has 5 nitrogen and oxygen atoms in total. The van der Waals surface area contributed by atoms with E-state index in [2.05, 4.69) is 86.0 Å². The molecule has 0 bridgehead atoms. The fraction of sp³-hybridized carbons (Fsp3) is 0.353. The minimum Gasteiger partial charge on any atom is -0.494 e. The van der Waals surface area contributed by atoms with Crippen molar-refractivity contribution in [3.63, 3.8) is 0 Å². The van der Waals surface area contributed by atoms with Crippen molar-refractivity contribution in [3.05, 3.63) is 95.1 Å². The van der Waals surface area contributed by atoms with E-state index in [1.54, 1.807) is 0 Å². The van der Waals surface area contributed by atoms with Crippen LogP contribution in [0.5, 0.6) is 5.75 Å². The number of aromatic nitrogens is 1. The Morgan fingerprint density at radius 1 is 0.925 bits per heavy atom. The summed E-state index contributed by atoms with van der Waals surface area (Å²) in [6.45, 7) is 8.50. The van der Waals surface area contributed by atoms with Gasteiger partial charge < -0.3 is 14.2 Å². The topological polar surface area (TPSA) is 23.9 Å². The van der Waals surface area contributed by atoms with Gasteiger partial charge in [0, 0.05) is 61.6 Å². The first-order valence-electron chi connectivity index (χ1n) is 14.2. The predicted molar refractivity (Wildman–Crippen MR) is 167 cm³/mol. The maximum atomic E-state index is 6.21. The maximum absolute atomic E-state index is 6.21. The molecule has 0 N–H and O–H groups in total. The van der Waals surface area contributed by atoms with E-state index in [-0.39, 0.29) is 0 Å². The lowest BCUT2D eigenvalue weighted by atomic mass is 10.1. The van der Waals surface area contributed by atoms with E-state index < -0.39 is 0 Å². The van der Waals surface area contributed by atoms with Gasteiger partial charge in [-0.15, -0.1) is 6.42 Å². The highest BCUT2D eigenvalue weighted by Crippen LogP contribution is 2.29. The fourth-order valence-electron chi connectivity index (χ4n) is 5.51. The quantitative estimate of drug-likeness (QED) is 0.150.